The van der Waals surface area contributed by atoms with Crippen LogP contribution in [0.5, 0.6) is 34.5 Å². The summed E-state index contributed by atoms with van der Waals surface area (Å²) in [6, 6.07) is 6.93. The van der Waals surface area contributed by atoms with Gasteiger partial charge in [-0.1, -0.05) is 0 Å². The highest BCUT2D eigenvalue weighted by atomic mass is 16.7. The Bertz CT molecular complexity index is 1170. The molecule has 5 rings (SSSR count). The van der Waals surface area contributed by atoms with Crippen LogP contribution >= 0.6 is 0 Å². The van der Waals surface area contributed by atoms with Gasteiger partial charge in [0.1, 0.15) is 24.4 Å². The van der Waals surface area contributed by atoms with Crippen molar-refractivity contribution >= 4 is 0 Å². The van der Waals surface area contributed by atoms with Crippen molar-refractivity contribution < 1.29 is 63.4 Å². The molecule has 3 aliphatic heterocycles. The third-order valence-corrected chi connectivity index (χ3v) is 7.99. The number of aliphatic hydroxyl groups is 4. The lowest BCUT2D eigenvalue weighted by Gasteiger charge is -2.39. The second-order valence-electron chi connectivity index (χ2n) is 10.2. The second kappa shape index (κ2) is 12.1. The molecule has 0 radical (unpaired) electrons. The average molecular weight is 581 g/mol. The highest BCUT2D eigenvalue weighted by molar-refractivity contribution is 5.55. The van der Waals surface area contributed by atoms with E-state index in [2.05, 4.69) is 0 Å². The first-order valence-electron chi connectivity index (χ1n) is 13.2. The highest BCUT2D eigenvalue weighted by Gasteiger charge is 2.49. The first kappa shape index (κ1) is 29.5. The molecular weight excluding hydrogens is 544 g/mol. The molecule has 3 fully saturated rings. The molecule has 13 heteroatoms. The number of aromatic hydroxyl groups is 1. The molecule has 41 heavy (non-hydrogen) atoms. The summed E-state index contributed by atoms with van der Waals surface area (Å²) in [4.78, 5) is 0. The molecule has 0 spiro atoms. The third-order valence-electron chi connectivity index (χ3n) is 7.99. The normalized spacial score (nSPS) is 32.8. The zero-order valence-corrected chi connectivity index (χ0v) is 23.1. The van der Waals surface area contributed by atoms with Gasteiger partial charge in [0.2, 0.25) is 17.8 Å². The van der Waals surface area contributed by atoms with E-state index in [1.54, 1.807) is 24.3 Å². The van der Waals surface area contributed by atoms with Crippen molar-refractivity contribution in [3.05, 3.63) is 35.4 Å². The molecule has 3 saturated heterocycles. The predicted molar refractivity (Wildman–Crippen MR) is 140 cm³/mol. The first-order valence-corrected chi connectivity index (χ1v) is 13.2. The molecule has 9 atom stereocenters. The van der Waals surface area contributed by atoms with Crippen LogP contribution in [0.25, 0.3) is 0 Å². The Morgan fingerprint density at radius 2 is 1.17 bits per heavy atom. The Balaban J connectivity index is 1.40. The van der Waals surface area contributed by atoms with Crippen molar-refractivity contribution in [1.82, 2.24) is 0 Å². The summed E-state index contributed by atoms with van der Waals surface area (Å²) >= 11 is 0. The number of benzene rings is 2. The molecule has 2 aromatic carbocycles. The third kappa shape index (κ3) is 5.23. The molecule has 5 N–H and O–H groups in total. The molecule has 2 aromatic rings. The number of fused-ring (bicyclic) bond motifs is 1. The molecule has 0 aromatic heterocycles. The van der Waals surface area contributed by atoms with E-state index in [-0.39, 0.29) is 58.5 Å². The van der Waals surface area contributed by atoms with E-state index in [0.717, 1.165) is 11.1 Å². The molecule has 0 saturated carbocycles. The van der Waals surface area contributed by atoms with Crippen LogP contribution in [0.2, 0.25) is 0 Å². The molecule has 3 heterocycles. The monoisotopic (exact) mass is 580 g/mol. The number of ether oxygens (including phenoxy) is 8. The molecule has 0 amide bonds. The van der Waals surface area contributed by atoms with Gasteiger partial charge in [0.05, 0.1) is 60.5 Å². The van der Waals surface area contributed by atoms with Crippen LogP contribution in [0.15, 0.2) is 24.3 Å². The summed E-state index contributed by atoms with van der Waals surface area (Å²) in [5.41, 5.74) is 1.55. The van der Waals surface area contributed by atoms with Crippen molar-refractivity contribution in [2.45, 2.75) is 42.9 Å². The van der Waals surface area contributed by atoms with Crippen LogP contribution in [-0.2, 0) is 14.2 Å². The lowest BCUT2D eigenvalue weighted by Crippen LogP contribution is -2.60. The van der Waals surface area contributed by atoms with Gasteiger partial charge in [-0.3, -0.25) is 0 Å². The van der Waals surface area contributed by atoms with Crippen molar-refractivity contribution in [2.24, 2.45) is 11.8 Å². The molecule has 3 aliphatic rings. The number of phenolic OH excluding ortho intramolecular Hbond substituents is 1. The van der Waals surface area contributed by atoms with Gasteiger partial charge in [0.25, 0.3) is 0 Å². The van der Waals surface area contributed by atoms with Crippen LogP contribution in [0.4, 0.5) is 0 Å². The number of aliphatic hydroxyl groups excluding tert-OH is 4. The summed E-state index contributed by atoms with van der Waals surface area (Å²) < 4.78 is 45.7. The lowest BCUT2D eigenvalue weighted by molar-refractivity contribution is -0.277. The first-order chi connectivity index (χ1) is 19.8. The van der Waals surface area contributed by atoms with Gasteiger partial charge in [-0.15, -0.1) is 0 Å². The maximum absolute atomic E-state index is 10.5. The minimum Gasteiger partial charge on any atom is -0.502 e. The van der Waals surface area contributed by atoms with Crippen molar-refractivity contribution in [2.75, 3.05) is 48.3 Å². The van der Waals surface area contributed by atoms with Gasteiger partial charge >= 0.3 is 0 Å². The fourth-order valence-electron chi connectivity index (χ4n) is 5.77. The van der Waals surface area contributed by atoms with Crippen LogP contribution < -0.4 is 23.7 Å². The number of hydrogen-bond donors (Lipinski definition) is 5. The second-order valence-corrected chi connectivity index (χ2v) is 10.2. The average Bonchev–Trinajstić information content (AvgIpc) is 3.60. The van der Waals surface area contributed by atoms with Gasteiger partial charge in [-0.05, 0) is 35.4 Å². The summed E-state index contributed by atoms with van der Waals surface area (Å²) in [5.74, 6) is 1.08. The Morgan fingerprint density at radius 1 is 0.707 bits per heavy atom. The van der Waals surface area contributed by atoms with E-state index in [1.807, 2.05) is 0 Å². The molecule has 226 valence electrons. The van der Waals surface area contributed by atoms with E-state index < -0.39 is 37.3 Å². The fraction of sp³-hybridized carbons (Fsp3) is 0.571. The summed E-state index contributed by atoms with van der Waals surface area (Å²) in [5, 5.41) is 50.5. The topological polar surface area (TPSA) is 175 Å². The van der Waals surface area contributed by atoms with E-state index >= 15 is 0 Å². The molecule has 0 bridgehead atoms. The van der Waals surface area contributed by atoms with E-state index in [4.69, 9.17) is 37.9 Å². The van der Waals surface area contributed by atoms with Crippen molar-refractivity contribution in [3.8, 4) is 34.5 Å². The Labute approximate surface area is 236 Å². The van der Waals surface area contributed by atoms with Crippen molar-refractivity contribution in [1.29, 1.82) is 0 Å². The largest absolute Gasteiger partial charge is 0.502 e. The van der Waals surface area contributed by atoms with Gasteiger partial charge in [-0.25, -0.2) is 0 Å². The van der Waals surface area contributed by atoms with Crippen molar-refractivity contribution in [3.63, 3.8) is 0 Å². The Morgan fingerprint density at radius 3 is 1.61 bits per heavy atom. The van der Waals surface area contributed by atoms with Gasteiger partial charge in [0.15, 0.2) is 23.0 Å². The molecular formula is C28H36O13. The molecule has 0 unspecified atom stereocenters. The number of methoxy groups -OCH3 is 4. The molecule has 0 aliphatic carbocycles. The standard InChI is InChI=1S/C28H36O13/c1-34-16-5-12(6-17(35-2)21(16)30)25-14-10-39-26(15(14)11-38-25)13-7-18(36-3)27(19(8-13)37-4)41-28-24(33)23(32)22(31)20(9-29)40-28/h5-8,14-15,20,22-26,28-33H,9-11H2,1-4H3/t14-,15-,20-,22-,23+,24-,25-,26-,28+/m1/s1. The maximum atomic E-state index is 10.5. The zero-order chi connectivity index (χ0) is 29.4. The summed E-state index contributed by atoms with van der Waals surface area (Å²) in [7, 11) is 5.82. The van der Waals surface area contributed by atoms with Crippen LogP contribution in [-0.4, -0.2) is 104 Å². The smallest absolute Gasteiger partial charge is 0.229 e. The maximum Gasteiger partial charge on any atom is 0.229 e. The van der Waals surface area contributed by atoms with Crippen LogP contribution in [0.1, 0.15) is 23.3 Å². The van der Waals surface area contributed by atoms with E-state index in [0.29, 0.717) is 13.2 Å². The number of hydrogen-bond acceptors (Lipinski definition) is 13. The molecule has 13 nitrogen and oxygen atoms in total. The minimum absolute atomic E-state index is 0.000914. The predicted octanol–water partition coefficient (Wildman–Crippen LogP) is 0.680. The number of phenols is 1. The zero-order valence-electron chi connectivity index (χ0n) is 23.1. The Kier molecular flexibility index (Phi) is 8.66. The lowest BCUT2D eigenvalue weighted by atomic mass is 9.84. The van der Waals surface area contributed by atoms with Crippen LogP contribution in [0, 0.1) is 11.8 Å². The van der Waals surface area contributed by atoms with E-state index in [1.165, 1.54) is 28.4 Å². The quantitative estimate of drug-likeness (QED) is 0.280. The highest BCUT2D eigenvalue weighted by Crippen LogP contribution is 2.53. The van der Waals surface area contributed by atoms with Gasteiger partial charge in [0, 0.05) is 11.8 Å². The number of rotatable bonds is 9. The fourth-order valence-corrected chi connectivity index (χ4v) is 5.77. The summed E-state index contributed by atoms with van der Waals surface area (Å²) in [6.07, 6.45) is -7.96. The van der Waals surface area contributed by atoms with Gasteiger partial charge < -0.3 is 63.4 Å². The SMILES string of the molecule is COc1cc([C@H]2OC[C@@H]3[C@H]2CO[C@@H]3c2cc(OC)c(O[C@@H]3O[C@H](CO)[C@@H](O)[C@H](O)[C@H]3O)c(OC)c2)cc(OC)c1O. The Hall–Kier alpha value is -3.04. The van der Waals surface area contributed by atoms with Gasteiger partial charge in [-0.2, -0.15) is 0 Å². The van der Waals surface area contributed by atoms with Crippen LogP contribution in [0.3, 0.4) is 0 Å². The van der Waals surface area contributed by atoms with E-state index in [9.17, 15) is 25.5 Å². The minimum atomic E-state index is -1.61. The summed E-state index contributed by atoms with van der Waals surface area (Å²) in [6.45, 7) is 0.241.